The van der Waals surface area contributed by atoms with Crippen LogP contribution in [0.2, 0.25) is 5.02 Å². The number of hydrogen-bond donors (Lipinski definition) is 1. The van der Waals surface area contributed by atoms with Gasteiger partial charge in [0.15, 0.2) is 0 Å². The summed E-state index contributed by atoms with van der Waals surface area (Å²) < 4.78 is 6.34. The summed E-state index contributed by atoms with van der Waals surface area (Å²) >= 11 is 6.57. The highest BCUT2D eigenvalue weighted by Crippen LogP contribution is 2.33. The molecule has 200 valence electrons. The Labute approximate surface area is 230 Å². The second-order valence-corrected chi connectivity index (χ2v) is 10.5. The van der Waals surface area contributed by atoms with Crippen LogP contribution in [0.3, 0.4) is 0 Å². The molecule has 1 aliphatic rings. The van der Waals surface area contributed by atoms with E-state index in [0.717, 1.165) is 64.7 Å². The van der Waals surface area contributed by atoms with Crippen molar-refractivity contribution in [2.75, 3.05) is 14.1 Å². The lowest BCUT2D eigenvalue weighted by Crippen LogP contribution is -2.30. The first-order valence-electron chi connectivity index (χ1n) is 13.3. The molecule has 1 aliphatic carbocycles. The number of halogens is 1. The molecule has 0 bridgehead atoms. The number of rotatable bonds is 9. The van der Waals surface area contributed by atoms with Gasteiger partial charge in [-0.15, -0.1) is 0 Å². The number of pyridine rings is 2. The van der Waals surface area contributed by atoms with E-state index in [1.54, 1.807) is 18.5 Å². The van der Waals surface area contributed by atoms with Crippen molar-refractivity contribution in [3.05, 3.63) is 82.8 Å². The average Bonchev–Trinajstić information content (AvgIpc) is 3.19. The molecule has 1 saturated carbocycles. The van der Waals surface area contributed by atoms with Crippen molar-refractivity contribution in [2.24, 2.45) is 5.92 Å². The molecule has 1 N–H and O–H groups in total. The number of carbonyl (C=O) groups is 1. The number of carbonyl (C=O) groups excluding carboxylic acids is 1. The van der Waals surface area contributed by atoms with Gasteiger partial charge in [0, 0.05) is 66.9 Å². The van der Waals surface area contributed by atoms with Gasteiger partial charge < -0.3 is 15.0 Å². The van der Waals surface area contributed by atoms with Gasteiger partial charge in [-0.1, -0.05) is 62.1 Å². The number of aromatic nitrogens is 2. The summed E-state index contributed by atoms with van der Waals surface area (Å²) in [5.41, 5.74) is 5.45. The molecule has 0 spiro atoms. The summed E-state index contributed by atoms with van der Waals surface area (Å²) in [6, 6.07) is 8.03. The second kappa shape index (κ2) is 12.9. The summed E-state index contributed by atoms with van der Waals surface area (Å²) in [5, 5.41) is 4.62. The molecule has 0 radical (unpaired) electrons. The third-order valence-corrected chi connectivity index (χ3v) is 7.43. The molecule has 1 amide bonds. The fraction of sp³-hybridized carbons (Fsp3) is 0.387. The van der Waals surface area contributed by atoms with Gasteiger partial charge in [-0.05, 0) is 43.5 Å². The van der Waals surface area contributed by atoms with Crippen LogP contribution in [0.25, 0.3) is 16.6 Å². The standard InChI is InChI=1S/C31H37ClN4O2/c1-5-11-28(36(3)4)25-16-21(2)35-30-24(25)14-10-15-29(30)38-20-26-23(17-33-19-27(26)32)18-34-31(37)22-12-8-6-7-9-13-22/h5,10-11,14-17,19,22H,1,6-9,12-13,18,20H2,2-4H3,(H,34,37)/b28-11-. The van der Waals surface area contributed by atoms with Crippen molar-refractivity contribution in [3.8, 4) is 5.75 Å². The van der Waals surface area contributed by atoms with Crippen LogP contribution in [0, 0.1) is 12.8 Å². The molecule has 2 aromatic heterocycles. The number of benzene rings is 1. The van der Waals surface area contributed by atoms with Gasteiger partial charge >= 0.3 is 0 Å². The molecule has 0 saturated heterocycles. The minimum atomic E-state index is 0.0886. The maximum atomic E-state index is 12.8. The number of hydrogen-bond acceptors (Lipinski definition) is 5. The maximum absolute atomic E-state index is 12.8. The molecule has 6 nitrogen and oxygen atoms in total. The lowest BCUT2D eigenvalue weighted by Gasteiger charge is -2.20. The lowest BCUT2D eigenvalue weighted by molar-refractivity contribution is -0.125. The van der Waals surface area contributed by atoms with Gasteiger partial charge in [-0.25, -0.2) is 4.98 Å². The molecule has 1 fully saturated rings. The van der Waals surface area contributed by atoms with Crippen LogP contribution in [-0.4, -0.2) is 34.9 Å². The maximum Gasteiger partial charge on any atom is 0.223 e. The van der Waals surface area contributed by atoms with Gasteiger partial charge in [-0.3, -0.25) is 9.78 Å². The van der Waals surface area contributed by atoms with E-state index in [-0.39, 0.29) is 18.4 Å². The van der Waals surface area contributed by atoms with Crippen LogP contribution in [0.15, 0.2) is 55.4 Å². The number of nitrogens with one attached hydrogen (secondary N) is 1. The van der Waals surface area contributed by atoms with Gasteiger partial charge in [0.05, 0.1) is 5.02 Å². The summed E-state index contributed by atoms with van der Waals surface area (Å²) in [6.07, 6.45) is 13.8. The van der Waals surface area contributed by atoms with E-state index < -0.39 is 0 Å². The van der Waals surface area contributed by atoms with Crippen molar-refractivity contribution in [3.63, 3.8) is 0 Å². The minimum Gasteiger partial charge on any atom is -0.487 e. The van der Waals surface area contributed by atoms with Crippen LogP contribution in [0.5, 0.6) is 5.75 Å². The number of nitrogens with zero attached hydrogens (tertiary/aromatic N) is 3. The molecule has 0 unspecified atom stereocenters. The first kappa shape index (κ1) is 27.6. The van der Waals surface area contributed by atoms with Gasteiger partial charge in [0.25, 0.3) is 0 Å². The lowest BCUT2D eigenvalue weighted by atomic mass is 9.99. The van der Waals surface area contributed by atoms with Crippen molar-refractivity contribution >= 4 is 34.1 Å². The fourth-order valence-electron chi connectivity index (χ4n) is 5.10. The average molecular weight is 533 g/mol. The predicted octanol–water partition coefficient (Wildman–Crippen LogP) is 6.85. The Morgan fingerprint density at radius 1 is 1.21 bits per heavy atom. The molecular formula is C31H37ClN4O2. The summed E-state index contributed by atoms with van der Waals surface area (Å²) in [6.45, 7) is 6.47. The van der Waals surface area contributed by atoms with Crippen molar-refractivity contribution in [2.45, 2.75) is 58.6 Å². The Hall–Kier alpha value is -3.38. The predicted molar refractivity (Wildman–Crippen MR) is 155 cm³/mol. The monoisotopic (exact) mass is 532 g/mol. The number of para-hydroxylation sites is 1. The third-order valence-electron chi connectivity index (χ3n) is 7.11. The molecule has 7 heteroatoms. The van der Waals surface area contributed by atoms with Gasteiger partial charge in [0.1, 0.15) is 17.9 Å². The zero-order valence-electron chi connectivity index (χ0n) is 22.6. The Kier molecular flexibility index (Phi) is 9.40. The number of fused-ring (bicyclic) bond motifs is 1. The minimum absolute atomic E-state index is 0.0886. The Balaban J connectivity index is 1.57. The van der Waals surface area contributed by atoms with Crippen LogP contribution in [0.4, 0.5) is 0 Å². The molecule has 3 aromatic rings. The van der Waals surface area contributed by atoms with E-state index >= 15 is 0 Å². The summed E-state index contributed by atoms with van der Waals surface area (Å²) in [7, 11) is 4.03. The quantitative estimate of drug-likeness (QED) is 0.241. The largest absolute Gasteiger partial charge is 0.487 e. The van der Waals surface area contributed by atoms with Crippen LogP contribution >= 0.6 is 11.6 Å². The first-order chi connectivity index (χ1) is 18.4. The summed E-state index contributed by atoms with van der Waals surface area (Å²) in [4.78, 5) is 24.0. The third kappa shape index (κ3) is 6.54. The Morgan fingerprint density at radius 2 is 1.97 bits per heavy atom. The zero-order chi connectivity index (χ0) is 27.1. The van der Waals surface area contributed by atoms with Gasteiger partial charge in [0.2, 0.25) is 5.91 Å². The highest BCUT2D eigenvalue weighted by atomic mass is 35.5. The molecule has 2 heterocycles. The van der Waals surface area contributed by atoms with Crippen LogP contribution in [0.1, 0.15) is 60.9 Å². The number of allylic oxidation sites excluding steroid dienone is 2. The second-order valence-electron chi connectivity index (χ2n) is 10.1. The van der Waals surface area contributed by atoms with Crippen molar-refractivity contribution < 1.29 is 9.53 Å². The number of amides is 1. The normalized spacial score (nSPS) is 14.7. The fourth-order valence-corrected chi connectivity index (χ4v) is 5.34. The van der Waals surface area contributed by atoms with Crippen LogP contribution < -0.4 is 10.1 Å². The SMILES string of the molecule is C=C/C=C(/c1cc(C)nc2c(OCc3c(Cl)cncc3CNC(=O)C3CCCCCC3)cccc12)N(C)C. The van der Waals surface area contributed by atoms with E-state index in [2.05, 4.69) is 33.9 Å². The molecule has 0 aliphatic heterocycles. The number of aryl methyl sites for hydroxylation is 1. The molecular weight excluding hydrogens is 496 g/mol. The molecule has 38 heavy (non-hydrogen) atoms. The Bertz CT molecular complexity index is 1330. The topological polar surface area (TPSA) is 67.4 Å². The molecule has 4 rings (SSSR count). The molecule has 1 aromatic carbocycles. The number of ether oxygens (including phenoxy) is 1. The van der Waals surface area contributed by atoms with Gasteiger partial charge in [-0.2, -0.15) is 0 Å². The van der Waals surface area contributed by atoms with E-state index in [4.69, 9.17) is 21.3 Å². The zero-order valence-corrected chi connectivity index (χ0v) is 23.4. The smallest absolute Gasteiger partial charge is 0.223 e. The van der Waals surface area contributed by atoms with Crippen LogP contribution in [-0.2, 0) is 17.9 Å². The molecule has 0 atom stereocenters. The van der Waals surface area contributed by atoms with E-state index in [9.17, 15) is 4.79 Å². The van der Waals surface area contributed by atoms with Crippen molar-refractivity contribution in [1.82, 2.24) is 20.2 Å². The van der Waals surface area contributed by atoms with E-state index in [1.165, 1.54) is 12.8 Å². The summed E-state index contributed by atoms with van der Waals surface area (Å²) in [5.74, 6) is 0.875. The highest BCUT2D eigenvalue weighted by molar-refractivity contribution is 6.31. The van der Waals surface area contributed by atoms with Crippen molar-refractivity contribution in [1.29, 1.82) is 0 Å². The highest BCUT2D eigenvalue weighted by Gasteiger charge is 2.21. The van der Waals surface area contributed by atoms with E-state index in [1.807, 2.05) is 39.2 Å². The first-order valence-corrected chi connectivity index (χ1v) is 13.7. The van der Waals surface area contributed by atoms with E-state index in [0.29, 0.717) is 17.3 Å². The Morgan fingerprint density at radius 3 is 2.68 bits per heavy atom.